The Balaban J connectivity index is 0.00000128. The summed E-state index contributed by atoms with van der Waals surface area (Å²) in [6.07, 6.45) is 1.24. The first-order chi connectivity index (χ1) is 7.28. The van der Waals surface area contributed by atoms with E-state index in [0.29, 0.717) is 5.92 Å². The minimum atomic E-state index is 0. The number of hydrogen-bond acceptors (Lipinski definition) is 2. The topological polar surface area (TPSA) is 29.3 Å². The highest BCUT2D eigenvalue weighted by Crippen LogP contribution is 2.18. The maximum atomic E-state index is 5.84. The van der Waals surface area contributed by atoms with E-state index >= 15 is 0 Å². The molecule has 1 aromatic carbocycles. The van der Waals surface area contributed by atoms with Crippen molar-refractivity contribution in [1.82, 2.24) is 4.90 Å². The molecule has 0 spiro atoms. The molecule has 1 aliphatic rings. The standard InChI is InChI=1S/C12H17ClN2.ClH/c13-12-3-1-10(2-4-12)8-15-6-5-11(7-14)9-15;/h1-4,11H,5-9,14H2;1H. The van der Waals surface area contributed by atoms with Crippen LogP contribution in [-0.4, -0.2) is 24.5 Å². The maximum Gasteiger partial charge on any atom is 0.0406 e. The molecule has 2 nitrogen and oxygen atoms in total. The van der Waals surface area contributed by atoms with Gasteiger partial charge >= 0.3 is 0 Å². The molecular formula is C12H18Cl2N2. The zero-order valence-corrected chi connectivity index (χ0v) is 10.8. The molecule has 90 valence electrons. The summed E-state index contributed by atoms with van der Waals surface area (Å²) in [4.78, 5) is 2.46. The van der Waals surface area contributed by atoms with Crippen molar-refractivity contribution in [3.8, 4) is 0 Å². The van der Waals surface area contributed by atoms with E-state index < -0.39 is 0 Å². The van der Waals surface area contributed by atoms with E-state index in [0.717, 1.165) is 24.7 Å². The average Bonchev–Trinajstić information content (AvgIpc) is 2.69. The summed E-state index contributed by atoms with van der Waals surface area (Å²) >= 11 is 5.84. The van der Waals surface area contributed by atoms with E-state index in [9.17, 15) is 0 Å². The third-order valence-electron chi connectivity index (χ3n) is 3.02. The fourth-order valence-electron chi connectivity index (χ4n) is 2.10. The molecule has 0 aliphatic carbocycles. The van der Waals surface area contributed by atoms with Crippen molar-refractivity contribution in [3.05, 3.63) is 34.9 Å². The van der Waals surface area contributed by atoms with Gasteiger partial charge in [-0.15, -0.1) is 12.4 Å². The number of nitrogens with two attached hydrogens (primary N) is 1. The Morgan fingerprint density at radius 2 is 2.00 bits per heavy atom. The largest absolute Gasteiger partial charge is 0.330 e. The van der Waals surface area contributed by atoms with Gasteiger partial charge in [0, 0.05) is 18.1 Å². The third kappa shape index (κ3) is 3.63. The van der Waals surface area contributed by atoms with Crippen molar-refractivity contribution in [2.75, 3.05) is 19.6 Å². The SMILES string of the molecule is Cl.NCC1CCN(Cc2ccc(Cl)cc2)C1. The summed E-state index contributed by atoms with van der Waals surface area (Å²) in [5.41, 5.74) is 7.00. The molecular weight excluding hydrogens is 243 g/mol. The van der Waals surface area contributed by atoms with Crippen LogP contribution in [0.5, 0.6) is 0 Å². The Labute approximate surface area is 108 Å². The molecule has 1 fully saturated rings. The van der Waals surface area contributed by atoms with Gasteiger partial charge in [0.15, 0.2) is 0 Å². The normalized spacial score (nSPS) is 20.8. The molecule has 4 heteroatoms. The Morgan fingerprint density at radius 3 is 2.56 bits per heavy atom. The number of nitrogens with zero attached hydrogens (tertiary/aromatic N) is 1. The molecule has 0 radical (unpaired) electrons. The number of halogens is 2. The fourth-order valence-corrected chi connectivity index (χ4v) is 2.22. The van der Waals surface area contributed by atoms with Gasteiger partial charge in [-0.25, -0.2) is 0 Å². The molecule has 2 N–H and O–H groups in total. The Kier molecular flexibility index (Phi) is 5.56. The minimum Gasteiger partial charge on any atom is -0.330 e. The van der Waals surface area contributed by atoms with Crippen LogP contribution in [0.4, 0.5) is 0 Å². The Bertz CT molecular complexity index is 313. The van der Waals surface area contributed by atoms with E-state index in [-0.39, 0.29) is 12.4 Å². The highest BCUT2D eigenvalue weighted by molar-refractivity contribution is 6.30. The van der Waals surface area contributed by atoms with Gasteiger partial charge in [-0.1, -0.05) is 23.7 Å². The molecule has 0 saturated carbocycles. The number of likely N-dealkylation sites (tertiary alicyclic amines) is 1. The van der Waals surface area contributed by atoms with Crippen LogP contribution in [-0.2, 0) is 6.54 Å². The van der Waals surface area contributed by atoms with Crippen LogP contribution in [0.25, 0.3) is 0 Å². The molecule has 0 aromatic heterocycles. The van der Waals surface area contributed by atoms with Gasteiger partial charge in [0.25, 0.3) is 0 Å². The zero-order chi connectivity index (χ0) is 10.7. The summed E-state index contributed by atoms with van der Waals surface area (Å²) in [5.74, 6) is 0.692. The lowest BCUT2D eigenvalue weighted by Gasteiger charge is -2.15. The van der Waals surface area contributed by atoms with Gasteiger partial charge in [-0.05, 0) is 43.1 Å². The van der Waals surface area contributed by atoms with Crippen LogP contribution >= 0.6 is 24.0 Å². The first-order valence-corrected chi connectivity index (χ1v) is 5.82. The summed E-state index contributed by atoms with van der Waals surface area (Å²) in [6.45, 7) is 4.15. The minimum absolute atomic E-state index is 0. The number of rotatable bonds is 3. The van der Waals surface area contributed by atoms with Gasteiger partial charge in [0.2, 0.25) is 0 Å². The van der Waals surface area contributed by atoms with Crippen LogP contribution in [0.1, 0.15) is 12.0 Å². The highest BCUT2D eigenvalue weighted by atomic mass is 35.5. The molecule has 1 aliphatic heterocycles. The van der Waals surface area contributed by atoms with E-state index in [2.05, 4.69) is 17.0 Å². The molecule has 1 aromatic rings. The Hall–Kier alpha value is -0.280. The van der Waals surface area contributed by atoms with Gasteiger partial charge in [0.1, 0.15) is 0 Å². The quantitative estimate of drug-likeness (QED) is 0.906. The van der Waals surface area contributed by atoms with Crippen molar-refractivity contribution in [2.45, 2.75) is 13.0 Å². The Morgan fingerprint density at radius 1 is 1.31 bits per heavy atom. The molecule has 1 saturated heterocycles. The predicted molar refractivity (Wildman–Crippen MR) is 71.1 cm³/mol. The van der Waals surface area contributed by atoms with Gasteiger partial charge < -0.3 is 5.73 Å². The van der Waals surface area contributed by atoms with Crippen LogP contribution in [0.15, 0.2) is 24.3 Å². The fraction of sp³-hybridized carbons (Fsp3) is 0.500. The van der Waals surface area contributed by atoms with E-state index in [4.69, 9.17) is 17.3 Å². The van der Waals surface area contributed by atoms with Gasteiger partial charge in [-0.3, -0.25) is 4.90 Å². The second kappa shape index (κ2) is 6.45. The molecule has 1 heterocycles. The molecule has 0 bridgehead atoms. The van der Waals surface area contributed by atoms with Crippen LogP contribution < -0.4 is 5.73 Å². The lowest BCUT2D eigenvalue weighted by atomic mass is 10.1. The molecule has 1 unspecified atom stereocenters. The average molecular weight is 261 g/mol. The first-order valence-electron chi connectivity index (χ1n) is 5.45. The van der Waals surface area contributed by atoms with E-state index in [1.807, 2.05) is 12.1 Å². The van der Waals surface area contributed by atoms with Crippen LogP contribution in [0.3, 0.4) is 0 Å². The van der Waals surface area contributed by atoms with E-state index in [1.165, 1.54) is 18.5 Å². The molecule has 1 atom stereocenters. The monoisotopic (exact) mass is 260 g/mol. The number of benzene rings is 1. The predicted octanol–water partition coefficient (Wildman–Crippen LogP) is 2.54. The first kappa shape index (κ1) is 13.8. The van der Waals surface area contributed by atoms with Crippen molar-refractivity contribution < 1.29 is 0 Å². The highest BCUT2D eigenvalue weighted by Gasteiger charge is 2.20. The summed E-state index contributed by atoms with van der Waals surface area (Å²) in [5, 5.41) is 0.806. The van der Waals surface area contributed by atoms with Crippen molar-refractivity contribution in [1.29, 1.82) is 0 Å². The van der Waals surface area contributed by atoms with Crippen molar-refractivity contribution in [2.24, 2.45) is 11.7 Å². The smallest absolute Gasteiger partial charge is 0.0406 e. The third-order valence-corrected chi connectivity index (χ3v) is 3.27. The van der Waals surface area contributed by atoms with Crippen molar-refractivity contribution >= 4 is 24.0 Å². The second-order valence-corrected chi connectivity index (χ2v) is 4.69. The van der Waals surface area contributed by atoms with Gasteiger partial charge in [-0.2, -0.15) is 0 Å². The van der Waals surface area contributed by atoms with Crippen molar-refractivity contribution in [3.63, 3.8) is 0 Å². The second-order valence-electron chi connectivity index (χ2n) is 4.25. The summed E-state index contributed by atoms with van der Waals surface area (Å²) in [7, 11) is 0. The zero-order valence-electron chi connectivity index (χ0n) is 9.23. The molecule has 2 rings (SSSR count). The lowest BCUT2D eigenvalue weighted by molar-refractivity contribution is 0.318. The van der Waals surface area contributed by atoms with Gasteiger partial charge in [0.05, 0.1) is 0 Å². The van der Waals surface area contributed by atoms with E-state index in [1.54, 1.807) is 0 Å². The summed E-state index contributed by atoms with van der Waals surface area (Å²) < 4.78 is 0. The molecule has 16 heavy (non-hydrogen) atoms. The van der Waals surface area contributed by atoms with Crippen LogP contribution in [0.2, 0.25) is 5.02 Å². The maximum absolute atomic E-state index is 5.84. The lowest BCUT2D eigenvalue weighted by Crippen LogP contribution is -2.22. The molecule has 0 amide bonds. The van der Waals surface area contributed by atoms with Crippen LogP contribution in [0, 0.1) is 5.92 Å². The summed E-state index contributed by atoms with van der Waals surface area (Å²) in [6, 6.07) is 8.09. The number of hydrogen-bond donors (Lipinski definition) is 1.